The molecule has 1 aromatic rings. The fraction of sp³-hybridized carbons (Fsp3) is 0.667. The van der Waals surface area contributed by atoms with Gasteiger partial charge < -0.3 is 10.0 Å². The summed E-state index contributed by atoms with van der Waals surface area (Å²) in [6.07, 6.45) is 3.23. The fourth-order valence-electron chi connectivity index (χ4n) is 4.45. The Morgan fingerprint density at radius 2 is 1.85 bits per heavy atom. The third-order valence-electron chi connectivity index (χ3n) is 6.01. The number of hydrogen-bond donors (Lipinski definition) is 1. The van der Waals surface area contributed by atoms with Gasteiger partial charge in [0.1, 0.15) is 0 Å². The number of rotatable bonds is 6. The average Bonchev–Trinajstić information content (AvgIpc) is 2.68. The number of hydrogen-bond acceptors (Lipinski definition) is 5. The van der Waals surface area contributed by atoms with E-state index in [-0.39, 0.29) is 0 Å². The summed E-state index contributed by atoms with van der Waals surface area (Å²) >= 11 is 0. The highest BCUT2D eigenvalue weighted by Crippen LogP contribution is 2.28. The standard InChI is InChI=1S/C21H32N4O/c1-23-10-12-25(13-11-23)21-8-9-24(17-20(21)3-2-14-26)16-19-6-4-18(15-22)5-7-19/h4-7,20-21,26H,2-3,8-14,16-17H2,1H3/t20-,21+/m1/s1. The van der Waals surface area contributed by atoms with E-state index in [1.807, 2.05) is 12.1 Å². The molecule has 2 fully saturated rings. The van der Waals surface area contributed by atoms with Crippen LogP contribution in [0.4, 0.5) is 0 Å². The number of likely N-dealkylation sites (N-methyl/N-ethyl adjacent to an activating group) is 1. The molecule has 5 heteroatoms. The van der Waals surface area contributed by atoms with E-state index in [9.17, 15) is 5.11 Å². The second-order valence-corrected chi connectivity index (χ2v) is 7.87. The molecule has 0 bridgehead atoms. The summed E-state index contributed by atoms with van der Waals surface area (Å²) in [5.41, 5.74) is 2.01. The first-order valence-corrected chi connectivity index (χ1v) is 9.94. The van der Waals surface area contributed by atoms with Crippen LogP contribution in [0, 0.1) is 17.2 Å². The Balaban J connectivity index is 1.60. The molecule has 0 unspecified atom stereocenters. The van der Waals surface area contributed by atoms with Crippen molar-refractivity contribution in [2.45, 2.75) is 31.8 Å². The maximum absolute atomic E-state index is 9.32. The fourth-order valence-corrected chi connectivity index (χ4v) is 4.45. The van der Waals surface area contributed by atoms with Gasteiger partial charge in [-0.3, -0.25) is 9.80 Å². The van der Waals surface area contributed by atoms with Gasteiger partial charge in [0.15, 0.2) is 0 Å². The van der Waals surface area contributed by atoms with Crippen LogP contribution in [0.25, 0.3) is 0 Å². The molecule has 0 aromatic heterocycles. The van der Waals surface area contributed by atoms with Crippen molar-refractivity contribution in [2.75, 3.05) is 52.9 Å². The van der Waals surface area contributed by atoms with Gasteiger partial charge in [-0.1, -0.05) is 12.1 Å². The number of aliphatic hydroxyl groups excluding tert-OH is 1. The Hall–Kier alpha value is -1.45. The number of benzene rings is 1. The number of piperidine rings is 1. The van der Waals surface area contributed by atoms with E-state index in [4.69, 9.17) is 5.26 Å². The van der Waals surface area contributed by atoms with E-state index >= 15 is 0 Å². The zero-order valence-electron chi connectivity index (χ0n) is 16.0. The highest BCUT2D eigenvalue weighted by atomic mass is 16.2. The van der Waals surface area contributed by atoms with Crippen LogP contribution in [0.5, 0.6) is 0 Å². The van der Waals surface area contributed by atoms with Crippen LogP contribution in [0.15, 0.2) is 24.3 Å². The van der Waals surface area contributed by atoms with Crippen LogP contribution in [0.2, 0.25) is 0 Å². The second-order valence-electron chi connectivity index (χ2n) is 7.87. The topological polar surface area (TPSA) is 53.7 Å². The molecule has 2 atom stereocenters. The van der Waals surface area contributed by atoms with Gasteiger partial charge in [-0.25, -0.2) is 0 Å². The van der Waals surface area contributed by atoms with E-state index in [0.717, 1.165) is 51.1 Å². The maximum atomic E-state index is 9.32. The quantitative estimate of drug-likeness (QED) is 0.842. The third kappa shape index (κ3) is 5.05. The summed E-state index contributed by atoms with van der Waals surface area (Å²) in [5.74, 6) is 0.637. The first-order chi connectivity index (χ1) is 12.7. The van der Waals surface area contributed by atoms with Gasteiger partial charge in [0.25, 0.3) is 0 Å². The summed E-state index contributed by atoms with van der Waals surface area (Å²) in [6, 6.07) is 10.8. The molecule has 2 heterocycles. The Bertz CT molecular complexity index is 589. The minimum atomic E-state index is 0.293. The summed E-state index contributed by atoms with van der Waals surface area (Å²) in [7, 11) is 2.21. The van der Waals surface area contributed by atoms with Gasteiger partial charge >= 0.3 is 0 Å². The highest BCUT2D eigenvalue weighted by molar-refractivity contribution is 5.31. The third-order valence-corrected chi connectivity index (χ3v) is 6.01. The summed E-state index contributed by atoms with van der Waals surface area (Å²) < 4.78 is 0. The molecule has 1 aromatic carbocycles. The number of piperazine rings is 1. The molecule has 5 nitrogen and oxygen atoms in total. The SMILES string of the molecule is CN1CCN([C@H]2CCN(Cc3ccc(C#N)cc3)C[C@H]2CCCO)CC1. The number of aliphatic hydroxyl groups is 1. The Morgan fingerprint density at radius 1 is 1.12 bits per heavy atom. The molecule has 0 saturated carbocycles. The minimum Gasteiger partial charge on any atom is -0.396 e. The van der Waals surface area contributed by atoms with Crippen LogP contribution >= 0.6 is 0 Å². The van der Waals surface area contributed by atoms with Crippen molar-refractivity contribution >= 4 is 0 Å². The number of nitriles is 1. The highest BCUT2D eigenvalue weighted by Gasteiger charge is 2.33. The van der Waals surface area contributed by atoms with Gasteiger partial charge in [0.2, 0.25) is 0 Å². The summed E-state index contributed by atoms with van der Waals surface area (Å²) in [5, 5.41) is 18.3. The largest absolute Gasteiger partial charge is 0.396 e. The first kappa shape index (κ1) is 19.3. The van der Waals surface area contributed by atoms with E-state index in [1.54, 1.807) is 0 Å². The van der Waals surface area contributed by atoms with E-state index in [2.05, 4.69) is 39.9 Å². The molecule has 1 N–H and O–H groups in total. The van der Waals surface area contributed by atoms with Crippen molar-refractivity contribution in [3.8, 4) is 6.07 Å². The van der Waals surface area contributed by atoms with Gasteiger partial charge in [0.05, 0.1) is 11.6 Å². The zero-order valence-corrected chi connectivity index (χ0v) is 16.0. The zero-order chi connectivity index (χ0) is 18.4. The second kappa shape index (κ2) is 9.48. The van der Waals surface area contributed by atoms with Crippen molar-refractivity contribution in [2.24, 2.45) is 5.92 Å². The van der Waals surface area contributed by atoms with Crippen molar-refractivity contribution in [1.29, 1.82) is 5.26 Å². The lowest BCUT2D eigenvalue weighted by Crippen LogP contribution is -2.56. The molecule has 2 aliphatic rings. The lowest BCUT2D eigenvalue weighted by atomic mass is 9.86. The minimum absolute atomic E-state index is 0.293. The molecular formula is C21H32N4O. The summed E-state index contributed by atoms with van der Waals surface area (Å²) in [6.45, 7) is 8.16. The molecule has 2 saturated heterocycles. The molecule has 0 radical (unpaired) electrons. The van der Waals surface area contributed by atoms with Crippen LogP contribution < -0.4 is 0 Å². The molecule has 142 valence electrons. The van der Waals surface area contributed by atoms with Crippen molar-refractivity contribution < 1.29 is 5.11 Å². The molecular weight excluding hydrogens is 324 g/mol. The molecule has 2 aliphatic heterocycles. The van der Waals surface area contributed by atoms with Crippen LogP contribution in [0.1, 0.15) is 30.4 Å². The average molecular weight is 357 g/mol. The molecule has 3 rings (SSSR count). The van der Waals surface area contributed by atoms with Crippen LogP contribution in [0.3, 0.4) is 0 Å². The molecule has 0 aliphatic carbocycles. The van der Waals surface area contributed by atoms with Gasteiger partial charge in [-0.15, -0.1) is 0 Å². The molecule has 26 heavy (non-hydrogen) atoms. The van der Waals surface area contributed by atoms with Crippen molar-refractivity contribution in [1.82, 2.24) is 14.7 Å². The normalized spacial score (nSPS) is 25.9. The Morgan fingerprint density at radius 3 is 2.50 bits per heavy atom. The van der Waals surface area contributed by atoms with Gasteiger partial charge in [-0.2, -0.15) is 5.26 Å². The smallest absolute Gasteiger partial charge is 0.0991 e. The number of nitrogens with zero attached hydrogens (tertiary/aromatic N) is 4. The predicted octanol–water partition coefficient (Wildman–Crippen LogP) is 1.77. The summed E-state index contributed by atoms with van der Waals surface area (Å²) in [4.78, 5) is 7.66. The molecule has 0 spiro atoms. The van der Waals surface area contributed by atoms with E-state index in [0.29, 0.717) is 18.6 Å². The van der Waals surface area contributed by atoms with Crippen molar-refractivity contribution in [3.63, 3.8) is 0 Å². The van der Waals surface area contributed by atoms with Crippen LogP contribution in [-0.4, -0.2) is 78.8 Å². The van der Waals surface area contributed by atoms with Crippen molar-refractivity contribution in [3.05, 3.63) is 35.4 Å². The Labute approximate surface area is 157 Å². The first-order valence-electron chi connectivity index (χ1n) is 9.94. The number of likely N-dealkylation sites (tertiary alicyclic amines) is 1. The lowest BCUT2D eigenvalue weighted by Gasteiger charge is -2.46. The van der Waals surface area contributed by atoms with Gasteiger partial charge in [-0.05, 0) is 56.5 Å². The predicted molar refractivity (Wildman–Crippen MR) is 104 cm³/mol. The lowest BCUT2D eigenvalue weighted by molar-refractivity contribution is 0.0212. The maximum Gasteiger partial charge on any atom is 0.0991 e. The monoisotopic (exact) mass is 356 g/mol. The van der Waals surface area contributed by atoms with Crippen LogP contribution in [-0.2, 0) is 6.54 Å². The van der Waals surface area contributed by atoms with Gasteiger partial charge in [0, 0.05) is 51.9 Å². The van der Waals surface area contributed by atoms with E-state index < -0.39 is 0 Å². The Kier molecular flexibility index (Phi) is 7.04. The molecule has 0 amide bonds. The van der Waals surface area contributed by atoms with E-state index in [1.165, 1.54) is 25.1 Å².